The molecule has 2 rings (SSSR count). The predicted octanol–water partition coefficient (Wildman–Crippen LogP) is 1.56. The van der Waals surface area contributed by atoms with Gasteiger partial charge in [0.15, 0.2) is 5.96 Å². The molecule has 2 aromatic rings. The Morgan fingerprint density at radius 3 is 2.11 bits per heavy atom. The van der Waals surface area contributed by atoms with Crippen molar-refractivity contribution < 1.29 is 31.1 Å². The summed E-state index contributed by atoms with van der Waals surface area (Å²) < 4.78 is 67.5. The van der Waals surface area contributed by atoms with Gasteiger partial charge in [0.1, 0.15) is 11.5 Å². The van der Waals surface area contributed by atoms with Crippen molar-refractivity contribution >= 4 is 21.9 Å². The SMILES string of the molecule is NC(N)=NC(=O)c1ccc(Oc2ccc(S(N)(=O)=O)cc2)c(C(F)(F)F)c1. The Bertz CT molecular complexity index is 999. The molecule has 0 radical (unpaired) electrons. The van der Waals surface area contributed by atoms with E-state index >= 15 is 0 Å². The molecule has 6 N–H and O–H groups in total. The average Bonchev–Trinajstić information content (AvgIpc) is 2.53. The van der Waals surface area contributed by atoms with Gasteiger partial charge in [-0.05, 0) is 42.5 Å². The van der Waals surface area contributed by atoms with Gasteiger partial charge < -0.3 is 16.2 Å². The Labute approximate surface area is 151 Å². The lowest BCUT2D eigenvalue weighted by Crippen LogP contribution is -2.24. The van der Waals surface area contributed by atoms with Crippen molar-refractivity contribution in [2.75, 3.05) is 0 Å². The molecule has 2 aromatic carbocycles. The second-order valence-corrected chi connectivity index (χ2v) is 6.73. The number of hydrogen-bond donors (Lipinski definition) is 3. The summed E-state index contributed by atoms with van der Waals surface area (Å²) in [6.45, 7) is 0. The molecule has 0 heterocycles. The topological polar surface area (TPSA) is 151 Å². The monoisotopic (exact) mass is 402 g/mol. The average molecular weight is 402 g/mol. The Kier molecular flexibility index (Phi) is 5.42. The summed E-state index contributed by atoms with van der Waals surface area (Å²) in [5.74, 6) is -2.32. The third kappa shape index (κ3) is 5.18. The number of hydrogen-bond acceptors (Lipinski definition) is 4. The van der Waals surface area contributed by atoms with E-state index in [4.69, 9.17) is 21.3 Å². The largest absolute Gasteiger partial charge is 0.457 e. The predicted molar refractivity (Wildman–Crippen MR) is 89.5 cm³/mol. The summed E-state index contributed by atoms with van der Waals surface area (Å²) in [6.07, 6.45) is -4.84. The number of aliphatic imine (C=N–C) groups is 1. The molecular formula is C15H13F3N4O4S. The van der Waals surface area contributed by atoms with Crippen LogP contribution in [0.2, 0.25) is 0 Å². The number of carbonyl (C=O) groups is 1. The molecule has 0 unspecified atom stereocenters. The first-order valence-electron chi connectivity index (χ1n) is 7.04. The second kappa shape index (κ2) is 7.25. The minimum Gasteiger partial charge on any atom is -0.457 e. The fourth-order valence-corrected chi connectivity index (χ4v) is 2.50. The molecule has 144 valence electrons. The van der Waals surface area contributed by atoms with Crippen LogP contribution < -0.4 is 21.3 Å². The minimum absolute atomic E-state index is 0.0730. The van der Waals surface area contributed by atoms with Crippen LogP contribution >= 0.6 is 0 Å². The van der Waals surface area contributed by atoms with Gasteiger partial charge in [0.2, 0.25) is 10.0 Å². The van der Waals surface area contributed by atoms with Gasteiger partial charge in [-0.1, -0.05) is 0 Å². The quantitative estimate of drug-likeness (QED) is 0.521. The molecule has 0 saturated carbocycles. The van der Waals surface area contributed by atoms with Gasteiger partial charge in [0.05, 0.1) is 10.5 Å². The number of amides is 1. The lowest BCUT2D eigenvalue weighted by Gasteiger charge is -2.14. The van der Waals surface area contributed by atoms with Crippen LogP contribution in [0.1, 0.15) is 15.9 Å². The van der Waals surface area contributed by atoms with Crippen molar-refractivity contribution in [3.05, 3.63) is 53.6 Å². The van der Waals surface area contributed by atoms with Crippen molar-refractivity contribution in [3.63, 3.8) is 0 Å². The number of alkyl halides is 3. The first-order valence-corrected chi connectivity index (χ1v) is 8.58. The number of sulfonamides is 1. The number of rotatable bonds is 4. The smallest absolute Gasteiger partial charge is 0.420 e. The zero-order valence-corrected chi connectivity index (χ0v) is 14.2. The number of halogens is 3. The van der Waals surface area contributed by atoms with Gasteiger partial charge >= 0.3 is 6.18 Å². The lowest BCUT2D eigenvalue weighted by atomic mass is 10.1. The van der Waals surface area contributed by atoms with E-state index in [9.17, 15) is 26.4 Å². The maximum atomic E-state index is 13.3. The molecule has 8 nitrogen and oxygen atoms in total. The van der Waals surface area contributed by atoms with E-state index in [1.165, 1.54) is 0 Å². The summed E-state index contributed by atoms with van der Waals surface area (Å²) in [6, 6.07) is 6.95. The molecule has 0 bridgehead atoms. The summed E-state index contributed by atoms with van der Waals surface area (Å²) in [5.41, 5.74) is 8.44. The zero-order chi connectivity index (χ0) is 20.4. The molecule has 0 aliphatic rings. The summed E-state index contributed by atoms with van der Waals surface area (Å²) in [5, 5.41) is 4.94. The third-order valence-electron chi connectivity index (χ3n) is 3.14. The van der Waals surface area contributed by atoms with Gasteiger partial charge in [-0.2, -0.15) is 18.2 Å². The van der Waals surface area contributed by atoms with Crippen LogP contribution in [0, 0.1) is 0 Å². The summed E-state index contributed by atoms with van der Waals surface area (Å²) >= 11 is 0. The van der Waals surface area contributed by atoms with E-state index in [-0.39, 0.29) is 10.6 Å². The second-order valence-electron chi connectivity index (χ2n) is 5.17. The van der Waals surface area contributed by atoms with Gasteiger partial charge in [0, 0.05) is 5.56 Å². The molecule has 0 spiro atoms. The van der Waals surface area contributed by atoms with E-state index in [1.807, 2.05) is 0 Å². The maximum absolute atomic E-state index is 13.3. The molecule has 27 heavy (non-hydrogen) atoms. The Balaban J connectivity index is 2.42. The van der Waals surface area contributed by atoms with Crippen LogP contribution in [0.25, 0.3) is 0 Å². The molecule has 12 heteroatoms. The first-order chi connectivity index (χ1) is 12.4. The molecule has 0 atom stereocenters. The van der Waals surface area contributed by atoms with Crippen LogP contribution in [0.15, 0.2) is 52.4 Å². The summed E-state index contributed by atoms with van der Waals surface area (Å²) in [4.78, 5) is 14.7. The van der Waals surface area contributed by atoms with Crippen molar-refractivity contribution in [2.24, 2.45) is 21.6 Å². The highest BCUT2D eigenvalue weighted by atomic mass is 32.2. The van der Waals surface area contributed by atoms with Crippen LogP contribution in [0.4, 0.5) is 13.2 Å². The number of carbonyl (C=O) groups excluding carboxylic acids is 1. The molecule has 0 aliphatic heterocycles. The number of ether oxygens (including phenoxy) is 1. The van der Waals surface area contributed by atoms with Crippen LogP contribution in [0.3, 0.4) is 0 Å². The number of guanidine groups is 1. The highest BCUT2D eigenvalue weighted by molar-refractivity contribution is 7.89. The molecule has 1 amide bonds. The molecular weight excluding hydrogens is 389 g/mol. The van der Waals surface area contributed by atoms with Crippen molar-refractivity contribution in [2.45, 2.75) is 11.1 Å². The standard InChI is InChI=1S/C15H13F3N4O4S/c16-15(17,18)11-7-8(13(23)22-14(19)20)1-6-12(11)26-9-2-4-10(5-3-9)27(21,24)25/h1-7H,(H2,21,24,25)(H4,19,20,22,23). The van der Waals surface area contributed by atoms with E-state index in [0.717, 1.165) is 36.4 Å². The van der Waals surface area contributed by atoms with Gasteiger partial charge in [-0.3, -0.25) is 4.79 Å². The van der Waals surface area contributed by atoms with Gasteiger partial charge in [-0.25, -0.2) is 13.6 Å². The lowest BCUT2D eigenvalue weighted by molar-refractivity contribution is -0.138. The van der Waals surface area contributed by atoms with Crippen LogP contribution in [-0.2, 0) is 16.2 Å². The van der Waals surface area contributed by atoms with Crippen molar-refractivity contribution in [1.29, 1.82) is 0 Å². The van der Waals surface area contributed by atoms with Crippen molar-refractivity contribution in [1.82, 2.24) is 0 Å². The Hall–Kier alpha value is -3.12. The number of nitrogens with two attached hydrogens (primary N) is 3. The zero-order valence-electron chi connectivity index (χ0n) is 13.4. The fraction of sp³-hybridized carbons (Fsp3) is 0.0667. The fourth-order valence-electron chi connectivity index (χ4n) is 1.98. The molecule has 0 fully saturated rings. The van der Waals surface area contributed by atoms with E-state index in [1.54, 1.807) is 0 Å². The minimum atomic E-state index is -4.84. The van der Waals surface area contributed by atoms with Crippen LogP contribution in [-0.4, -0.2) is 20.3 Å². The summed E-state index contributed by atoms with van der Waals surface area (Å²) in [7, 11) is -3.95. The highest BCUT2D eigenvalue weighted by Crippen LogP contribution is 2.39. The molecule has 0 saturated heterocycles. The number of nitrogens with zero attached hydrogens (tertiary/aromatic N) is 1. The van der Waals surface area contributed by atoms with Crippen molar-refractivity contribution in [3.8, 4) is 11.5 Å². The molecule has 0 aliphatic carbocycles. The Morgan fingerprint density at radius 1 is 1.04 bits per heavy atom. The third-order valence-corrected chi connectivity index (χ3v) is 4.07. The van der Waals surface area contributed by atoms with E-state index in [0.29, 0.717) is 6.07 Å². The maximum Gasteiger partial charge on any atom is 0.420 e. The Morgan fingerprint density at radius 2 is 1.63 bits per heavy atom. The molecule has 0 aromatic heterocycles. The number of primary sulfonamides is 1. The first kappa shape index (κ1) is 20.2. The van der Waals surface area contributed by atoms with Gasteiger partial charge in [0.25, 0.3) is 5.91 Å². The normalized spacial score (nSPS) is 11.7. The highest BCUT2D eigenvalue weighted by Gasteiger charge is 2.35. The number of benzene rings is 2. The van der Waals surface area contributed by atoms with Gasteiger partial charge in [-0.15, -0.1) is 0 Å². The van der Waals surface area contributed by atoms with Crippen LogP contribution in [0.5, 0.6) is 11.5 Å². The van der Waals surface area contributed by atoms with E-state index in [2.05, 4.69) is 4.99 Å². The van der Waals surface area contributed by atoms with E-state index < -0.39 is 44.9 Å².